The standard InChI is InChI=1S/C21H27N5OS.ClH.H2O/c1-3-25(4-2)11-12-26-17-7-6-16(23-10-9-22)21-19(17)20(24-26)15-13-14(27)5-8-18(15)28-21;;/h5-8,13,23,27H,3-4,9-12,22H2,1-2H3;1H;1H2. The summed E-state index contributed by atoms with van der Waals surface area (Å²) in [6, 6.07) is 9.80. The van der Waals surface area contributed by atoms with Crippen LogP contribution in [0.4, 0.5) is 5.69 Å². The predicted octanol–water partition coefficient (Wildman–Crippen LogP) is 3.18. The van der Waals surface area contributed by atoms with Crippen molar-refractivity contribution in [2.24, 2.45) is 5.73 Å². The van der Waals surface area contributed by atoms with Crippen LogP contribution in [0.1, 0.15) is 13.8 Å². The van der Waals surface area contributed by atoms with E-state index in [4.69, 9.17) is 10.8 Å². The second-order valence-electron chi connectivity index (χ2n) is 6.93. The van der Waals surface area contributed by atoms with Gasteiger partial charge in [-0.3, -0.25) is 4.68 Å². The Labute approximate surface area is 187 Å². The van der Waals surface area contributed by atoms with E-state index in [0.29, 0.717) is 6.54 Å². The number of nitrogens with two attached hydrogens (primary N) is 1. The largest absolute Gasteiger partial charge is 0.508 e. The van der Waals surface area contributed by atoms with Gasteiger partial charge in [0.25, 0.3) is 0 Å². The number of rotatable bonds is 8. The number of fused-ring (bicyclic) bond motifs is 2. The molecular weight excluding hydrogens is 422 g/mol. The lowest BCUT2D eigenvalue weighted by atomic mass is 10.1. The lowest BCUT2D eigenvalue weighted by molar-refractivity contribution is 0.287. The molecule has 164 valence electrons. The molecule has 30 heavy (non-hydrogen) atoms. The maximum absolute atomic E-state index is 10.0. The fourth-order valence-electron chi connectivity index (χ4n) is 3.73. The highest BCUT2D eigenvalue weighted by atomic mass is 35.5. The summed E-state index contributed by atoms with van der Waals surface area (Å²) in [5.41, 5.74) is 9.87. The first kappa shape index (κ1) is 24.3. The first-order valence-electron chi connectivity index (χ1n) is 9.87. The van der Waals surface area contributed by atoms with Gasteiger partial charge in [-0.1, -0.05) is 25.6 Å². The Morgan fingerprint density at radius 1 is 1.20 bits per heavy atom. The number of likely N-dealkylation sites (N-methyl/N-ethyl adjacent to an activating group) is 1. The fourth-order valence-corrected chi connectivity index (χ4v) is 4.90. The number of hydrogen-bond acceptors (Lipinski definition) is 6. The van der Waals surface area contributed by atoms with Crippen LogP contribution in [0.5, 0.6) is 5.75 Å². The van der Waals surface area contributed by atoms with Gasteiger partial charge in [-0.15, -0.1) is 12.4 Å². The second kappa shape index (κ2) is 10.4. The third-order valence-corrected chi connectivity index (χ3v) is 6.49. The number of hydrogen-bond donors (Lipinski definition) is 3. The number of anilines is 1. The molecule has 0 spiro atoms. The van der Waals surface area contributed by atoms with Gasteiger partial charge in [0.2, 0.25) is 0 Å². The van der Waals surface area contributed by atoms with Crippen LogP contribution in [0.3, 0.4) is 0 Å². The monoisotopic (exact) mass is 451 g/mol. The van der Waals surface area contributed by atoms with Crippen molar-refractivity contribution < 1.29 is 10.6 Å². The van der Waals surface area contributed by atoms with Crippen molar-refractivity contribution >= 4 is 40.8 Å². The summed E-state index contributed by atoms with van der Waals surface area (Å²) in [5.74, 6) is 0.269. The van der Waals surface area contributed by atoms with Gasteiger partial charge >= 0.3 is 0 Å². The molecule has 2 aromatic carbocycles. The average molecular weight is 452 g/mol. The maximum Gasteiger partial charge on any atom is 0.116 e. The van der Waals surface area contributed by atoms with Crippen molar-refractivity contribution in [3.63, 3.8) is 0 Å². The molecule has 0 bridgehead atoms. The van der Waals surface area contributed by atoms with Crippen molar-refractivity contribution in [2.45, 2.75) is 30.2 Å². The number of nitrogens with one attached hydrogen (secondary N) is 1. The summed E-state index contributed by atoms with van der Waals surface area (Å²) in [6.07, 6.45) is 0. The molecule has 1 aliphatic heterocycles. The first-order chi connectivity index (χ1) is 13.7. The smallest absolute Gasteiger partial charge is 0.116 e. The van der Waals surface area contributed by atoms with Crippen molar-refractivity contribution in [1.82, 2.24) is 14.7 Å². The summed E-state index contributed by atoms with van der Waals surface area (Å²) in [7, 11) is 0. The number of halogens is 1. The van der Waals surface area contributed by atoms with Gasteiger partial charge in [0, 0.05) is 46.1 Å². The van der Waals surface area contributed by atoms with Crippen molar-refractivity contribution in [3.05, 3.63) is 30.3 Å². The first-order valence-corrected chi connectivity index (χ1v) is 10.7. The highest BCUT2D eigenvalue weighted by Gasteiger charge is 2.26. The van der Waals surface area contributed by atoms with Crippen LogP contribution in [-0.4, -0.2) is 58.0 Å². The minimum atomic E-state index is 0. The van der Waals surface area contributed by atoms with Crippen molar-refractivity contribution in [1.29, 1.82) is 0 Å². The molecule has 1 aromatic heterocycles. The molecular formula is C21H30ClN5O2S. The number of phenols is 1. The van der Waals surface area contributed by atoms with Crippen LogP contribution in [0, 0.1) is 0 Å². The molecule has 9 heteroatoms. The molecule has 0 radical (unpaired) electrons. The molecule has 0 fully saturated rings. The number of nitrogens with zero attached hydrogens (tertiary/aromatic N) is 3. The molecule has 6 N–H and O–H groups in total. The molecule has 4 rings (SSSR count). The fraction of sp³-hybridized carbons (Fsp3) is 0.381. The van der Waals surface area contributed by atoms with E-state index in [1.807, 2.05) is 12.1 Å². The molecule has 0 unspecified atom stereocenters. The molecule has 0 aliphatic carbocycles. The Bertz CT molecular complexity index is 1010. The molecule has 2 heterocycles. The predicted molar refractivity (Wildman–Crippen MR) is 127 cm³/mol. The van der Waals surface area contributed by atoms with Gasteiger partial charge in [-0.05, 0) is 43.4 Å². The van der Waals surface area contributed by atoms with E-state index in [1.165, 1.54) is 4.90 Å². The number of aromatic hydroxyl groups is 1. The average Bonchev–Trinajstić information content (AvgIpc) is 3.08. The molecule has 1 aliphatic rings. The van der Waals surface area contributed by atoms with Crippen molar-refractivity contribution in [2.75, 3.05) is 38.0 Å². The summed E-state index contributed by atoms with van der Waals surface area (Å²) in [5, 5.41) is 19.6. The third-order valence-electron chi connectivity index (χ3n) is 5.28. The molecule has 0 amide bonds. The van der Waals surface area contributed by atoms with Gasteiger partial charge in [0.15, 0.2) is 0 Å². The Hall–Kier alpha value is -1.97. The van der Waals surface area contributed by atoms with E-state index in [2.05, 4.69) is 40.9 Å². The van der Waals surface area contributed by atoms with Gasteiger partial charge in [-0.25, -0.2) is 0 Å². The number of aromatic nitrogens is 2. The lowest BCUT2D eigenvalue weighted by Gasteiger charge is -2.19. The quantitative estimate of drug-likeness (QED) is 0.379. The molecule has 7 nitrogen and oxygen atoms in total. The van der Waals surface area contributed by atoms with Crippen LogP contribution in [0.25, 0.3) is 22.2 Å². The Kier molecular flexibility index (Phi) is 8.40. The number of benzene rings is 2. The Balaban J connectivity index is 0.00000160. The molecule has 0 saturated heterocycles. The zero-order chi connectivity index (χ0) is 19.7. The van der Waals surface area contributed by atoms with E-state index in [-0.39, 0.29) is 23.6 Å². The molecule has 3 aromatic rings. The van der Waals surface area contributed by atoms with E-state index in [1.54, 1.807) is 17.8 Å². The highest BCUT2D eigenvalue weighted by molar-refractivity contribution is 8.00. The number of phenolic OH excluding ortho intramolecular Hbond substituents is 1. The zero-order valence-corrected chi connectivity index (χ0v) is 18.9. The summed E-state index contributed by atoms with van der Waals surface area (Å²) in [6.45, 7) is 9.56. The lowest BCUT2D eigenvalue weighted by Crippen LogP contribution is -2.27. The summed E-state index contributed by atoms with van der Waals surface area (Å²) >= 11 is 1.73. The van der Waals surface area contributed by atoms with Gasteiger partial charge in [-0.2, -0.15) is 5.10 Å². The van der Waals surface area contributed by atoms with Crippen molar-refractivity contribution in [3.8, 4) is 17.0 Å². The van der Waals surface area contributed by atoms with Crippen LogP contribution >= 0.6 is 24.2 Å². The van der Waals surface area contributed by atoms with Crippen LogP contribution < -0.4 is 11.1 Å². The SMILES string of the molecule is CCN(CC)CCn1nc2c3c(c(NCCN)ccc31)Sc1ccc(O)cc1-2.Cl.O. The second-order valence-corrected chi connectivity index (χ2v) is 7.99. The zero-order valence-electron chi connectivity index (χ0n) is 17.3. The summed E-state index contributed by atoms with van der Waals surface area (Å²) in [4.78, 5) is 4.70. The Morgan fingerprint density at radius 3 is 2.67 bits per heavy atom. The highest BCUT2D eigenvalue weighted by Crippen LogP contribution is 2.51. The van der Waals surface area contributed by atoms with E-state index >= 15 is 0 Å². The minimum absolute atomic E-state index is 0. The van der Waals surface area contributed by atoms with Crippen LogP contribution in [-0.2, 0) is 6.54 Å². The topological polar surface area (TPSA) is 111 Å². The molecule has 0 saturated carbocycles. The van der Waals surface area contributed by atoms with Crippen LogP contribution in [0.15, 0.2) is 40.1 Å². The van der Waals surface area contributed by atoms with E-state index < -0.39 is 0 Å². The van der Waals surface area contributed by atoms with Crippen LogP contribution in [0.2, 0.25) is 0 Å². The van der Waals surface area contributed by atoms with E-state index in [9.17, 15) is 5.11 Å². The van der Waals surface area contributed by atoms with Gasteiger partial charge < -0.3 is 26.5 Å². The molecule has 0 atom stereocenters. The summed E-state index contributed by atoms with van der Waals surface area (Å²) < 4.78 is 2.11. The maximum atomic E-state index is 10.0. The Morgan fingerprint density at radius 2 is 1.97 bits per heavy atom. The van der Waals surface area contributed by atoms with E-state index in [0.717, 1.165) is 65.5 Å². The third kappa shape index (κ3) is 4.38. The van der Waals surface area contributed by atoms with Gasteiger partial charge in [0.05, 0.1) is 12.1 Å². The minimum Gasteiger partial charge on any atom is -0.508 e. The van der Waals surface area contributed by atoms with Gasteiger partial charge in [0.1, 0.15) is 11.4 Å². The normalized spacial score (nSPS) is 11.7.